The van der Waals surface area contributed by atoms with Gasteiger partial charge in [0.1, 0.15) is 12.4 Å². The summed E-state index contributed by atoms with van der Waals surface area (Å²) in [4.78, 5) is 36.8. The van der Waals surface area contributed by atoms with E-state index in [0.717, 1.165) is 24.3 Å². The van der Waals surface area contributed by atoms with Gasteiger partial charge in [-0.05, 0) is 30.3 Å². The average Bonchev–Trinajstić information content (AvgIpc) is 2.60. The molecule has 0 spiro atoms. The SMILES string of the molecule is O=C(NS(=O)(=O)c1ccc(C(=O)O)cc1)Oc1ccccc1CO[N+](=O)[O-]. The first kappa shape index (κ1) is 19.7. The lowest BCUT2D eigenvalue weighted by atomic mass is 10.2. The third kappa shape index (κ3) is 5.40. The van der Waals surface area contributed by atoms with Crippen molar-refractivity contribution in [1.29, 1.82) is 0 Å². The van der Waals surface area contributed by atoms with Crippen molar-refractivity contribution in [2.24, 2.45) is 0 Å². The molecule has 2 aromatic rings. The number of nitrogens with zero attached hydrogens (tertiary/aromatic N) is 1. The molecule has 0 saturated carbocycles. The van der Waals surface area contributed by atoms with Crippen LogP contribution in [0.15, 0.2) is 53.4 Å². The van der Waals surface area contributed by atoms with Gasteiger partial charge in [0.05, 0.1) is 10.5 Å². The lowest BCUT2D eigenvalue weighted by Gasteiger charge is -2.11. The van der Waals surface area contributed by atoms with Crippen LogP contribution >= 0.6 is 0 Å². The average molecular weight is 396 g/mol. The second-order valence-electron chi connectivity index (χ2n) is 4.93. The van der Waals surface area contributed by atoms with E-state index in [1.54, 1.807) is 4.72 Å². The van der Waals surface area contributed by atoms with E-state index in [-0.39, 0.29) is 21.8 Å². The van der Waals surface area contributed by atoms with Crippen LogP contribution in [-0.2, 0) is 21.5 Å². The predicted octanol–water partition coefficient (Wildman–Crippen LogP) is 1.57. The summed E-state index contributed by atoms with van der Waals surface area (Å²) in [6.07, 6.45) is -1.36. The molecule has 0 saturated heterocycles. The summed E-state index contributed by atoms with van der Waals surface area (Å²) in [7, 11) is -4.32. The van der Waals surface area contributed by atoms with Crippen LogP contribution in [0.1, 0.15) is 15.9 Å². The fourth-order valence-electron chi connectivity index (χ4n) is 1.91. The van der Waals surface area contributed by atoms with Gasteiger partial charge in [0.2, 0.25) is 0 Å². The number of rotatable bonds is 7. The second-order valence-corrected chi connectivity index (χ2v) is 6.61. The Morgan fingerprint density at radius 3 is 2.33 bits per heavy atom. The summed E-state index contributed by atoms with van der Waals surface area (Å²) in [6.45, 7) is -0.500. The maximum atomic E-state index is 12.1. The number of amides is 1. The van der Waals surface area contributed by atoms with E-state index in [4.69, 9.17) is 9.84 Å². The molecule has 0 radical (unpaired) electrons. The van der Waals surface area contributed by atoms with Crippen molar-refractivity contribution in [2.75, 3.05) is 0 Å². The predicted molar refractivity (Wildman–Crippen MR) is 88.0 cm³/mol. The Labute approximate surface area is 152 Å². The summed E-state index contributed by atoms with van der Waals surface area (Å²) in [5, 5.41) is 18.0. The van der Waals surface area contributed by atoms with Gasteiger partial charge in [-0.1, -0.05) is 18.2 Å². The van der Waals surface area contributed by atoms with E-state index >= 15 is 0 Å². The molecular weight excluding hydrogens is 384 g/mol. The number of hydrogen-bond donors (Lipinski definition) is 2. The Morgan fingerprint density at radius 2 is 1.74 bits per heavy atom. The van der Waals surface area contributed by atoms with Crippen LogP contribution in [0.5, 0.6) is 5.75 Å². The molecule has 2 N–H and O–H groups in total. The van der Waals surface area contributed by atoms with Crippen LogP contribution in [-0.4, -0.2) is 30.7 Å². The molecule has 0 aromatic heterocycles. The van der Waals surface area contributed by atoms with Crippen molar-refractivity contribution in [3.63, 3.8) is 0 Å². The van der Waals surface area contributed by atoms with E-state index in [1.165, 1.54) is 24.3 Å². The fraction of sp³-hybridized carbons (Fsp3) is 0.0667. The number of aromatic carboxylic acids is 1. The van der Waals surface area contributed by atoms with Crippen molar-refractivity contribution in [3.05, 3.63) is 69.8 Å². The minimum absolute atomic E-state index is 0.128. The van der Waals surface area contributed by atoms with Crippen LogP contribution in [0.4, 0.5) is 4.79 Å². The lowest BCUT2D eigenvalue weighted by molar-refractivity contribution is -0.763. The number of carboxylic acid groups (broad SMARTS) is 1. The Hall–Kier alpha value is -3.67. The molecule has 0 bridgehead atoms. The molecule has 0 aliphatic heterocycles. The molecule has 0 unspecified atom stereocenters. The number of carbonyl (C=O) groups excluding carboxylic acids is 1. The molecular formula is C15H12N2O9S. The topological polar surface area (TPSA) is 162 Å². The van der Waals surface area contributed by atoms with Crippen LogP contribution in [0, 0.1) is 10.1 Å². The third-order valence-corrected chi connectivity index (χ3v) is 4.46. The number of carbonyl (C=O) groups is 2. The third-order valence-electron chi connectivity index (χ3n) is 3.13. The van der Waals surface area contributed by atoms with E-state index in [2.05, 4.69) is 4.84 Å². The minimum atomic E-state index is -4.32. The zero-order valence-electron chi connectivity index (χ0n) is 13.4. The van der Waals surface area contributed by atoms with Crippen LogP contribution in [0.25, 0.3) is 0 Å². The maximum Gasteiger partial charge on any atom is 0.426 e. The number of para-hydroxylation sites is 1. The van der Waals surface area contributed by atoms with Crippen LogP contribution in [0.2, 0.25) is 0 Å². The first-order valence-corrected chi connectivity index (χ1v) is 8.60. The van der Waals surface area contributed by atoms with Crippen LogP contribution in [0.3, 0.4) is 0 Å². The fourth-order valence-corrected chi connectivity index (χ4v) is 2.78. The number of carboxylic acids is 1. The molecule has 142 valence electrons. The molecule has 2 rings (SSSR count). The highest BCUT2D eigenvalue weighted by atomic mass is 32.2. The van der Waals surface area contributed by atoms with E-state index in [0.29, 0.717) is 0 Å². The number of benzene rings is 2. The number of ether oxygens (including phenoxy) is 1. The summed E-state index contributed by atoms with van der Waals surface area (Å²) < 4.78 is 30.8. The standard InChI is InChI=1S/C15H12N2O9S/c18-14(19)10-5-7-12(8-6-10)27(23,24)16-15(20)26-13-4-2-1-3-11(13)9-25-17(21)22/h1-8H,9H2,(H,16,20)(H,18,19). The normalized spacial score (nSPS) is 10.7. The maximum absolute atomic E-state index is 12.1. The van der Waals surface area contributed by atoms with Gasteiger partial charge in [0.25, 0.3) is 15.1 Å². The van der Waals surface area contributed by atoms with Gasteiger partial charge >= 0.3 is 12.1 Å². The molecule has 0 aliphatic rings. The van der Waals surface area contributed by atoms with Gasteiger partial charge in [-0.3, -0.25) is 0 Å². The zero-order chi connectivity index (χ0) is 20.0. The van der Waals surface area contributed by atoms with E-state index in [9.17, 15) is 28.1 Å². The molecule has 11 nitrogen and oxygen atoms in total. The monoisotopic (exact) mass is 396 g/mol. The Morgan fingerprint density at radius 1 is 1.11 bits per heavy atom. The lowest BCUT2D eigenvalue weighted by Crippen LogP contribution is -2.33. The van der Waals surface area contributed by atoms with Crippen molar-refractivity contribution >= 4 is 22.1 Å². The molecule has 0 fully saturated rings. The van der Waals surface area contributed by atoms with Crippen molar-refractivity contribution in [1.82, 2.24) is 4.72 Å². The van der Waals surface area contributed by atoms with Crippen LogP contribution < -0.4 is 9.46 Å². The Balaban J connectivity index is 2.11. The van der Waals surface area contributed by atoms with E-state index in [1.807, 2.05) is 0 Å². The van der Waals surface area contributed by atoms with E-state index < -0.39 is 33.8 Å². The zero-order valence-corrected chi connectivity index (χ0v) is 14.2. The Bertz CT molecular complexity index is 971. The first-order valence-electron chi connectivity index (χ1n) is 7.12. The Kier molecular flexibility index (Phi) is 5.92. The quantitative estimate of drug-likeness (QED) is 0.522. The van der Waals surface area contributed by atoms with Gasteiger partial charge in [-0.25, -0.2) is 22.7 Å². The number of hydrogen-bond acceptors (Lipinski definition) is 8. The smallest absolute Gasteiger partial charge is 0.426 e. The molecule has 2 aromatic carbocycles. The summed E-state index contributed by atoms with van der Waals surface area (Å²) in [5.41, 5.74) is 0.0174. The highest BCUT2D eigenvalue weighted by Crippen LogP contribution is 2.19. The van der Waals surface area contributed by atoms with Gasteiger partial charge in [0, 0.05) is 5.56 Å². The first-order chi connectivity index (χ1) is 12.7. The summed E-state index contributed by atoms with van der Waals surface area (Å²) in [5.74, 6) is -1.37. The van der Waals surface area contributed by atoms with Crippen molar-refractivity contribution in [3.8, 4) is 5.75 Å². The van der Waals surface area contributed by atoms with Gasteiger partial charge in [-0.15, -0.1) is 10.1 Å². The summed E-state index contributed by atoms with van der Waals surface area (Å²) in [6, 6.07) is 9.83. The number of nitrogens with one attached hydrogen (secondary N) is 1. The molecule has 1 amide bonds. The molecule has 12 heteroatoms. The molecule has 0 atom stereocenters. The largest absolute Gasteiger partial charge is 0.478 e. The highest BCUT2D eigenvalue weighted by Gasteiger charge is 2.20. The highest BCUT2D eigenvalue weighted by molar-refractivity contribution is 7.90. The molecule has 0 aliphatic carbocycles. The summed E-state index contributed by atoms with van der Waals surface area (Å²) >= 11 is 0. The minimum Gasteiger partial charge on any atom is -0.478 e. The second kappa shape index (κ2) is 8.14. The molecule has 27 heavy (non-hydrogen) atoms. The van der Waals surface area contributed by atoms with Gasteiger partial charge < -0.3 is 14.7 Å². The van der Waals surface area contributed by atoms with Gasteiger partial charge in [-0.2, -0.15) is 0 Å². The van der Waals surface area contributed by atoms with Gasteiger partial charge in [0.15, 0.2) is 0 Å². The molecule has 0 heterocycles. The van der Waals surface area contributed by atoms with Crippen molar-refractivity contribution in [2.45, 2.75) is 11.5 Å². The number of sulfonamides is 1. The van der Waals surface area contributed by atoms with Crippen molar-refractivity contribution < 1.29 is 37.8 Å².